The van der Waals surface area contributed by atoms with E-state index >= 15 is 0 Å². The molecule has 1 aliphatic rings. The molecule has 0 spiro atoms. The van der Waals surface area contributed by atoms with Crippen LogP contribution in [0.2, 0.25) is 0 Å². The molecule has 0 saturated heterocycles. The molecule has 1 amide bonds. The van der Waals surface area contributed by atoms with Gasteiger partial charge in [0.05, 0.1) is 5.56 Å². The van der Waals surface area contributed by atoms with E-state index in [1.165, 1.54) is 12.1 Å². The molecule has 0 radical (unpaired) electrons. The van der Waals surface area contributed by atoms with Gasteiger partial charge >= 0.3 is 0 Å². The molecule has 0 aliphatic carbocycles. The molecular weight excluding hydrogens is 238 g/mol. The number of Topliss-reactive ketones (excluding diaryl/α,β-unsaturated/α-hetero) is 1. The molecule has 1 aromatic rings. The number of fused-ring (bicyclic) bond motifs is 1. The summed E-state index contributed by atoms with van der Waals surface area (Å²) in [5.74, 6) is -1.76. The monoisotopic (exact) mass is 240 g/mol. The summed E-state index contributed by atoms with van der Waals surface area (Å²) >= 11 is 3.15. The Morgan fingerprint density at radius 3 is 2.69 bits per heavy atom. The number of benzene rings is 1. The predicted molar refractivity (Wildman–Crippen MR) is 49.3 cm³/mol. The van der Waals surface area contributed by atoms with Crippen LogP contribution in [0.15, 0.2) is 22.7 Å². The molecule has 1 aliphatic heterocycles. The molecule has 1 aromatic carbocycles. The standard InChI is InChI=1S/C8H3BrNO3/c9-4-1-2-6-5(3-4)7(11)8(12)10(6)13/h1-3H/q-1. The van der Waals surface area contributed by atoms with Crippen LogP contribution in [0.3, 0.4) is 0 Å². The van der Waals surface area contributed by atoms with Gasteiger partial charge in [0.2, 0.25) is 0 Å². The van der Waals surface area contributed by atoms with E-state index in [9.17, 15) is 14.8 Å². The van der Waals surface area contributed by atoms with Crippen LogP contribution in [0.4, 0.5) is 5.69 Å². The molecular formula is C8H3BrNO3-. The van der Waals surface area contributed by atoms with E-state index < -0.39 is 11.7 Å². The first-order chi connectivity index (χ1) is 6.11. The lowest BCUT2D eigenvalue weighted by atomic mass is 10.1. The summed E-state index contributed by atoms with van der Waals surface area (Å²) in [6.45, 7) is 0. The summed E-state index contributed by atoms with van der Waals surface area (Å²) in [7, 11) is 0. The second-order valence-corrected chi connectivity index (χ2v) is 3.51. The molecule has 0 atom stereocenters. The number of hydroxylamine groups is 1. The van der Waals surface area contributed by atoms with E-state index in [-0.39, 0.29) is 16.3 Å². The Kier molecular flexibility index (Phi) is 1.71. The van der Waals surface area contributed by atoms with Crippen molar-refractivity contribution in [3.8, 4) is 0 Å². The van der Waals surface area contributed by atoms with Gasteiger partial charge in [-0.2, -0.15) is 0 Å². The van der Waals surface area contributed by atoms with E-state index in [1.54, 1.807) is 6.07 Å². The maximum Gasteiger partial charge on any atom is 0.288 e. The largest absolute Gasteiger partial charge is 0.751 e. The maximum absolute atomic E-state index is 11.1. The number of nitrogens with zero attached hydrogens (tertiary/aromatic N) is 1. The van der Waals surface area contributed by atoms with Crippen LogP contribution in [0.25, 0.3) is 0 Å². The third-order valence-corrected chi connectivity index (χ3v) is 2.29. The van der Waals surface area contributed by atoms with Gasteiger partial charge in [-0.15, -0.1) is 0 Å². The lowest BCUT2D eigenvalue weighted by Crippen LogP contribution is -2.22. The van der Waals surface area contributed by atoms with E-state index in [0.29, 0.717) is 4.47 Å². The van der Waals surface area contributed by atoms with Crippen molar-refractivity contribution in [3.05, 3.63) is 33.4 Å². The normalized spacial score (nSPS) is 15.1. The lowest BCUT2D eigenvalue weighted by molar-refractivity contribution is -0.113. The zero-order chi connectivity index (χ0) is 9.59. The van der Waals surface area contributed by atoms with E-state index in [4.69, 9.17) is 0 Å². The number of anilines is 1. The Hall–Kier alpha value is -1.20. The molecule has 66 valence electrons. The van der Waals surface area contributed by atoms with Crippen molar-refractivity contribution in [2.24, 2.45) is 0 Å². The molecule has 0 fully saturated rings. The first-order valence-electron chi connectivity index (χ1n) is 3.47. The van der Waals surface area contributed by atoms with Gasteiger partial charge in [0.25, 0.3) is 11.7 Å². The average molecular weight is 241 g/mol. The van der Waals surface area contributed by atoms with Crippen LogP contribution in [0.1, 0.15) is 10.4 Å². The number of carbonyl (C=O) groups excluding carboxylic acids is 2. The first-order valence-corrected chi connectivity index (χ1v) is 4.26. The molecule has 0 saturated carbocycles. The van der Waals surface area contributed by atoms with E-state index in [1.807, 2.05) is 0 Å². The Morgan fingerprint density at radius 1 is 1.31 bits per heavy atom. The van der Waals surface area contributed by atoms with Crippen molar-refractivity contribution in [1.82, 2.24) is 0 Å². The van der Waals surface area contributed by atoms with Crippen LogP contribution in [-0.2, 0) is 4.79 Å². The fourth-order valence-electron chi connectivity index (χ4n) is 1.18. The summed E-state index contributed by atoms with van der Waals surface area (Å²) in [4.78, 5) is 22.1. The summed E-state index contributed by atoms with van der Waals surface area (Å²) < 4.78 is 0.669. The van der Waals surface area contributed by atoms with Crippen LogP contribution in [0, 0.1) is 5.21 Å². The number of hydrogen-bond donors (Lipinski definition) is 0. The highest BCUT2D eigenvalue weighted by Crippen LogP contribution is 2.30. The smallest absolute Gasteiger partial charge is 0.288 e. The van der Waals surface area contributed by atoms with Gasteiger partial charge in [-0.05, 0) is 18.2 Å². The maximum atomic E-state index is 11.1. The number of carbonyl (C=O) groups is 2. The van der Waals surface area contributed by atoms with Crippen molar-refractivity contribution < 1.29 is 9.59 Å². The van der Waals surface area contributed by atoms with Gasteiger partial charge in [-0.3, -0.25) is 9.59 Å². The highest BCUT2D eigenvalue weighted by Gasteiger charge is 2.30. The average Bonchev–Trinajstić information content (AvgIpc) is 2.32. The van der Waals surface area contributed by atoms with Crippen molar-refractivity contribution in [3.63, 3.8) is 0 Å². The van der Waals surface area contributed by atoms with E-state index in [0.717, 1.165) is 0 Å². The zero-order valence-electron chi connectivity index (χ0n) is 6.28. The lowest BCUT2D eigenvalue weighted by Gasteiger charge is -2.20. The van der Waals surface area contributed by atoms with Gasteiger partial charge < -0.3 is 10.3 Å². The topological polar surface area (TPSA) is 60.4 Å². The fourth-order valence-corrected chi connectivity index (χ4v) is 1.55. The fraction of sp³-hybridized carbons (Fsp3) is 0. The highest BCUT2D eigenvalue weighted by molar-refractivity contribution is 9.10. The predicted octanol–water partition coefficient (Wildman–Crippen LogP) is 1.48. The molecule has 0 N–H and O–H groups in total. The summed E-state index contributed by atoms with van der Waals surface area (Å²) in [6.07, 6.45) is 0. The summed E-state index contributed by atoms with van der Waals surface area (Å²) in [5.41, 5.74) is 0.285. The van der Waals surface area contributed by atoms with Gasteiger partial charge in [0.1, 0.15) is 0 Å². The molecule has 0 aromatic heterocycles. The highest BCUT2D eigenvalue weighted by atomic mass is 79.9. The van der Waals surface area contributed by atoms with Crippen molar-refractivity contribution in [2.45, 2.75) is 0 Å². The minimum absolute atomic E-state index is 0.115. The van der Waals surface area contributed by atoms with Crippen molar-refractivity contribution in [1.29, 1.82) is 0 Å². The van der Waals surface area contributed by atoms with E-state index in [2.05, 4.69) is 15.9 Å². The number of halogens is 1. The Labute approximate surface area is 81.9 Å². The Morgan fingerprint density at radius 2 is 2.00 bits per heavy atom. The molecule has 1 heterocycles. The van der Waals surface area contributed by atoms with Crippen molar-refractivity contribution in [2.75, 3.05) is 5.06 Å². The molecule has 4 nitrogen and oxygen atoms in total. The van der Waals surface area contributed by atoms with Gasteiger partial charge in [-0.1, -0.05) is 15.9 Å². The van der Waals surface area contributed by atoms with Crippen LogP contribution >= 0.6 is 15.9 Å². The van der Waals surface area contributed by atoms with Gasteiger partial charge in [-0.25, -0.2) is 0 Å². The van der Waals surface area contributed by atoms with Crippen LogP contribution in [0.5, 0.6) is 0 Å². The Bertz CT molecular complexity index is 416. The van der Waals surface area contributed by atoms with Crippen LogP contribution < -0.4 is 5.06 Å². The first kappa shape index (κ1) is 8.40. The quantitative estimate of drug-likeness (QED) is 0.646. The molecule has 0 unspecified atom stereocenters. The minimum atomic E-state index is -1.02. The number of hydrogen-bond acceptors (Lipinski definition) is 3. The zero-order valence-corrected chi connectivity index (χ0v) is 7.87. The van der Waals surface area contributed by atoms with Gasteiger partial charge in [0, 0.05) is 10.2 Å². The second-order valence-electron chi connectivity index (χ2n) is 2.59. The third kappa shape index (κ3) is 1.08. The summed E-state index contributed by atoms with van der Waals surface area (Å²) in [6, 6.07) is 4.51. The SMILES string of the molecule is O=C1C(=O)N([O-])c2ccc(Br)cc21. The number of ketones is 1. The minimum Gasteiger partial charge on any atom is -0.751 e. The van der Waals surface area contributed by atoms with Crippen molar-refractivity contribution >= 4 is 33.3 Å². The second kappa shape index (κ2) is 2.65. The Balaban J connectivity index is 2.67. The molecule has 2 rings (SSSR count). The number of rotatable bonds is 0. The summed E-state index contributed by atoms with van der Waals surface area (Å²) in [5, 5.41) is 11.2. The van der Waals surface area contributed by atoms with Gasteiger partial charge in [0.15, 0.2) is 0 Å². The third-order valence-electron chi connectivity index (χ3n) is 1.80. The molecule has 0 bridgehead atoms. The number of amides is 1. The molecule has 13 heavy (non-hydrogen) atoms. The molecule has 5 heteroatoms. The van der Waals surface area contributed by atoms with Crippen LogP contribution in [-0.4, -0.2) is 11.7 Å².